The maximum absolute atomic E-state index is 14.2. The van der Waals surface area contributed by atoms with Crippen LogP contribution >= 0.6 is 0 Å². The lowest BCUT2D eigenvalue weighted by Gasteiger charge is -2.42. The molecule has 4 aromatic rings. The van der Waals surface area contributed by atoms with Crippen LogP contribution in [0.15, 0.2) is 109 Å². The topological polar surface area (TPSA) is 84.5 Å². The van der Waals surface area contributed by atoms with Gasteiger partial charge in [-0.3, -0.25) is 9.59 Å². The molecule has 0 heterocycles. The SMILES string of the molecule is CC(=O)[C@@H](NC(=O)[C@H](CC(C)C)NC(=O)OCc1ccccc1)C(Cc1ccccc1C)(Cc1ccccc1C)c1ccccc1. The summed E-state index contributed by atoms with van der Waals surface area (Å²) in [6.07, 6.45) is 0.733. The van der Waals surface area contributed by atoms with Crippen LogP contribution < -0.4 is 10.6 Å². The third-order valence-electron chi connectivity index (χ3n) is 8.66. The van der Waals surface area contributed by atoms with Gasteiger partial charge in [-0.1, -0.05) is 123 Å². The molecule has 4 rings (SSSR count). The standard InChI is InChI=1S/C40H46N2O4/c1-28(2)24-36(41-39(45)46-27-32-18-8-6-9-19-32)38(44)42-37(31(5)43)40(35-22-10-7-11-23-35,25-33-20-14-12-16-29(33)3)26-34-21-15-13-17-30(34)4/h6-23,28,36-37H,24-27H2,1-5H3,(H,41,45)(H,42,44)/t36-,37+/m0/s1. The van der Waals surface area contributed by atoms with Crippen LogP contribution in [-0.2, 0) is 39.2 Å². The van der Waals surface area contributed by atoms with Crippen LogP contribution in [0.2, 0.25) is 0 Å². The van der Waals surface area contributed by atoms with E-state index in [1.807, 2.05) is 98.8 Å². The molecule has 0 saturated heterocycles. The molecule has 0 saturated carbocycles. The van der Waals surface area contributed by atoms with Crippen molar-refractivity contribution in [2.75, 3.05) is 0 Å². The molecular formula is C40H46N2O4. The highest BCUT2D eigenvalue weighted by atomic mass is 16.5. The van der Waals surface area contributed by atoms with Gasteiger partial charge >= 0.3 is 6.09 Å². The molecule has 2 amide bonds. The minimum Gasteiger partial charge on any atom is -0.445 e. The first-order valence-corrected chi connectivity index (χ1v) is 16.0. The molecule has 240 valence electrons. The van der Waals surface area contributed by atoms with Gasteiger partial charge in [0.05, 0.1) is 6.04 Å². The fourth-order valence-corrected chi connectivity index (χ4v) is 6.19. The van der Waals surface area contributed by atoms with E-state index in [0.717, 1.165) is 33.4 Å². The Labute approximate surface area is 273 Å². The number of aryl methyl sites for hydroxylation is 2. The summed E-state index contributed by atoms with van der Waals surface area (Å²) >= 11 is 0. The van der Waals surface area contributed by atoms with Crippen LogP contribution in [0.3, 0.4) is 0 Å². The Kier molecular flexibility index (Phi) is 11.9. The number of hydrogen-bond acceptors (Lipinski definition) is 4. The number of alkyl carbamates (subject to hydrolysis) is 1. The lowest BCUT2D eigenvalue weighted by Crippen LogP contribution is -2.60. The largest absolute Gasteiger partial charge is 0.445 e. The number of rotatable bonds is 14. The van der Waals surface area contributed by atoms with E-state index in [0.29, 0.717) is 19.3 Å². The average Bonchev–Trinajstić information content (AvgIpc) is 3.04. The van der Waals surface area contributed by atoms with Gasteiger partial charge in [0.2, 0.25) is 5.91 Å². The van der Waals surface area contributed by atoms with E-state index in [9.17, 15) is 14.4 Å². The number of hydrogen-bond donors (Lipinski definition) is 2. The molecule has 0 aliphatic carbocycles. The number of Topliss-reactive ketones (excluding diaryl/α,β-unsaturated/α-hetero) is 1. The average molecular weight is 619 g/mol. The van der Waals surface area contributed by atoms with Gasteiger partial charge in [-0.05, 0) is 79.3 Å². The van der Waals surface area contributed by atoms with Crippen molar-refractivity contribution in [3.8, 4) is 0 Å². The summed E-state index contributed by atoms with van der Waals surface area (Å²) in [7, 11) is 0. The van der Waals surface area contributed by atoms with Crippen LogP contribution in [0.25, 0.3) is 0 Å². The Bertz CT molecular complexity index is 1550. The number of carbonyl (C=O) groups is 3. The van der Waals surface area contributed by atoms with Crippen molar-refractivity contribution in [1.29, 1.82) is 0 Å². The van der Waals surface area contributed by atoms with E-state index in [2.05, 4.69) is 48.7 Å². The molecule has 0 unspecified atom stereocenters. The molecule has 0 radical (unpaired) electrons. The number of benzene rings is 4. The van der Waals surface area contributed by atoms with Gasteiger partial charge in [0.25, 0.3) is 0 Å². The van der Waals surface area contributed by atoms with Crippen LogP contribution in [0.1, 0.15) is 60.6 Å². The van der Waals surface area contributed by atoms with Crippen molar-refractivity contribution >= 4 is 17.8 Å². The molecule has 6 heteroatoms. The molecule has 0 aromatic heterocycles. The number of carbonyl (C=O) groups excluding carboxylic acids is 3. The Hall–Kier alpha value is -4.71. The molecule has 0 aliphatic rings. The molecule has 46 heavy (non-hydrogen) atoms. The van der Waals surface area contributed by atoms with Crippen molar-refractivity contribution in [2.45, 2.75) is 78.0 Å². The highest BCUT2D eigenvalue weighted by Crippen LogP contribution is 2.38. The third kappa shape index (κ3) is 8.94. The molecule has 0 bridgehead atoms. The normalized spacial score (nSPS) is 12.7. The zero-order valence-electron chi connectivity index (χ0n) is 27.6. The molecule has 2 atom stereocenters. The van der Waals surface area contributed by atoms with Crippen LogP contribution in [0.4, 0.5) is 4.79 Å². The second kappa shape index (κ2) is 16.0. The fourth-order valence-electron chi connectivity index (χ4n) is 6.19. The molecule has 4 aromatic carbocycles. The van der Waals surface area contributed by atoms with Crippen LogP contribution in [0, 0.1) is 19.8 Å². The predicted molar refractivity (Wildman–Crippen MR) is 184 cm³/mol. The second-order valence-corrected chi connectivity index (χ2v) is 12.7. The minimum atomic E-state index is -0.893. The highest BCUT2D eigenvalue weighted by Gasteiger charge is 2.45. The molecule has 0 aliphatic heterocycles. The van der Waals surface area contributed by atoms with Gasteiger partial charge in [0, 0.05) is 5.41 Å². The Morgan fingerprint density at radius 1 is 0.696 bits per heavy atom. The molecule has 2 N–H and O–H groups in total. The van der Waals surface area contributed by atoms with Gasteiger partial charge in [-0.15, -0.1) is 0 Å². The summed E-state index contributed by atoms with van der Waals surface area (Å²) in [4.78, 5) is 41.0. The summed E-state index contributed by atoms with van der Waals surface area (Å²) in [6.45, 7) is 9.75. The van der Waals surface area contributed by atoms with Crippen LogP contribution in [-0.4, -0.2) is 29.9 Å². The molecule has 0 spiro atoms. The second-order valence-electron chi connectivity index (χ2n) is 12.7. The maximum Gasteiger partial charge on any atom is 0.408 e. The molecule has 6 nitrogen and oxygen atoms in total. The first-order chi connectivity index (χ1) is 22.1. The van der Waals surface area contributed by atoms with Crippen molar-refractivity contribution < 1.29 is 19.1 Å². The van der Waals surface area contributed by atoms with E-state index in [-0.39, 0.29) is 18.3 Å². The lowest BCUT2D eigenvalue weighted by molar-refractivity contribution is -0.130. The quantitative estimate of drug-likeness (QED) is 0.154. The van der Waals surface area contributed by atoms with Crippen molar-refractivity contribution in [3.05, 3.63) is 143 Å². The summed E-state index contributed by atoms with van der Waals surface area (Å²) < 4.78 is 5.47. The summed E-state index contributed by atoms with van der Waals surface area (Å²) in [5.41, 5.74) is 5.39. The van der Waals surface area contributed by atoms with Gasteiger partial charge in [-0.25, -0.2) is 4.79 Å². The van der Waals surface area contributed by atoms with Crippen molar-refractivity contribution in [2.24, 2.45) is 5.92 Å². The Balaban J connectivity index is 1.74. The number of ketones is 1. The first-order valence-electron chi connectivity index (χ1n) is 16.0. The number of nitrogens with one attached hydrogen (secondary N) is 2. The van der Waals surface area contributed by atoms with Crippen molar-refractivity contribution in [3.63, 3.8) is 0 Å². The predicted octanol–water partition coefficient (Wildman–Crippen LogP) is 7.44. The number of amides is 2. The van der Waals surface area contributed by atoms with E-state index in [1.165, 1.54) is 6.92 Å². The Morgan fingerprint density at radius 2 is 1.20 bits per heavy atom. The molecular weight excluding hydrogens is 572 g/mol. The molecule has 0 fully saturated rings. The maximum atomic E-state index is 14.2. The van der Waals surface area contributed by atoms with Gasteiger partial charge in [-0.2, -0.15) is 0 Å². The number of ether oxygens (including phenoxy) is 1. The summed E-state index contributed by atoms with van der Waals surface area (Å²) in [6, 6.07) is 34.0. The monoisotopic (exact) mass is 618 g/mol. The Morgan fingerprint density at radius 3 is 1.70 bits per heavy atom. The van der Waals surface area contributed by atoms with E-state index in [1.54, 1.807) is 0 Å². The van der Waals surface area contributed by atoms with Crippen molar-refractivity contribution in [1.82, 2.24) is 10.6 Å². The summed E-state index contributed by atoms with van der Waals surface area (Å²) in [5, 5.41) is 5.95. The zero-order valence-corrected chi connectivity index (χ0v) is 27.6. The third-order valence-corrected chi connectivity index (χ3v) is 8.66. The fraction of sp³-hybridized carbons (Fsp3) is 0.325. The van der Waals surface area contributed by atoms with Crippen LogP contribution in [0.5, 0.6) is 0 Å². The van der Waals surface area contributed by atoms with E-state index in [4.69, 9.17) is 4.74 Å². The lowest BCUT2D eigenvalue weighted by atomic mass is 9.64. The smallest absolute Gasteiger partial charge is 0.408 e. The van der Waals surface area contributed by atoms with Gasteiger partial charge in [0.1, 0.15) is 12.6 Å². The minimum absolute atomic E-state index is 0.0860. The highest BCUT2D eigenvalue weighted by molar-refractivity contribution is 5.92. The van der Waals surface area contributed by atoms with E-state index >= 15 is 0 Å². The van der Waals surface area contributed by atoms with E-state index < -0.39 is 29.5 Å². The zero-order chi connectivity index (χ0) is 33.1. The summed E-state index contributed by atoms with van der Waals surface area (Å²) in [5.74, 6) is -0.478. The van der Waals surface area contributed by atoms with Gasteiger partial charge in [0.15, 0.2) is 5.78 Å². The van der Waals surface area contributed by atoms with Gasteiger partial charge < -0.3 is 15.4 Å². The first kappa shape index (κ1) is 34.2.